The topological polar surface area (TPSA) is 95.0 Å². The first-order valence-corrected chi connectivity index (χ1v) is 9.14. The minimum Gasteiger partial charge on any atom is -0.444 e. The summed E-state index contributed by atoms with van der Waals surface area (Å²) in [7, 11) is 0. The normalized spacial score (nSPS) is 13.0. The molecule has 0 bridgehead atoms. The van der Waals surface area contributed by atoms with Crippen molar-refractivity contribution in [1.29, 1.82) is 0 Å². The number of amides is 1. The molecule has 1 unspecified atom stereocenters. The van der Waals surface area contributed by atoms with Crippen molar-refractivity contribution in [2.24, 2.45) is 4.99 Å². The van der Waals surface area contributed by atoms with Crippen molar-refractivity contribution in [3.63, 3.8) is 0 Å². The van der Waals surface area contributed by atoms with Crippen LogP contribution in [0.15, 0.2) is 29.3 Å². The Kier molecular flexibility index (Phi) is 9.56. The molecule has 7 nitrogen and oxygen atoms in total. The highest BCUT2D eigenvalue weighted by Gasteiger charge is 2.15. The molecule has 1 aromatic carbocycles. The number of ether oxygens (including phenoxy) is 1. The number of aliphatic hydroxyl groups is 1. The van der Waals surface area contributed by atoms with Gasteiger partial charge in [-0.25, -0.2) is 9.18 Å². The van der Waals surface area contributed by atoms with E-state index in [9.17, 15) is 14.3 Å². The zero-order valence-corrected chi connectivity index (χ0v) is 16.5. The number of alkyl carbamates (subject to hydrolysis) is 1. The van der Waals surface area contributed by atoms with Gasteiger partial charge in [-0.15, -0.1) is 0 Å². The van der Waals surface area contributed by atoms with Gasteiger partial charge in [0.05, 0.1) is 6.54 Å². The number of benzene rings is 1. The molecule has 8 heteroatoms. The van der Waals surface area contributed by atoms with Crippen LogP contribution in [-0.4, -0.2) is 48.9 Å². The third-order valence-corrected chi connectivity index (χ3v) is 3.35. The Morgan fingerprint density at radius 1 is 1.22 bits per heavy atom. The van der Waals surface area contributed by atoms with E-state index in [0.29, 0.717) is 32.0 Å². The standard InChI is InChI=1S/C19H31FN4O3/c1-5-21-17(22-11-8-12-23-18(26)27-19(2,3)4)24-13-16(25)14-9-6-7-10-15(14)20/h6-7,9-10,16,25H,5,8,11-13H2,1-4H3,(H,23,26)(H2,21,22,24). The zero-order chi connectivity index (χ0) is 20.3. The number of aliphatic imine (C=N–C) groups is 1. The summed E-state index contributed by atoms with van der Waals surface area (Å²) in [6.07, 6.45) is -0.800. The van der Waals surface area contributed by atoms with Crippen LogP contribution in [0.3, 0.4) is 0 Å². The largest absolute Gasteiger partial charge is 0.444 e. The van der Waals surface area contributed by atoms with E-state index in [4.69, 9.17) is 4.74 Å². The maximum absolute atomic E-state index is 13.7. The molecule has 0 radical (unpaired) electrons. The summed E-state index contributed by atoms with van der Waals surface area (Å²) < 4.78 is 18.8. The highest BCUT2D eigenvalue weighted by Crippen LogP contribution is 2.16. The monoisotopic (exact) mass is 382 g/mol. The predicted molar refractivity (Wildman–Crippen MR) is 104 cm³/mol. The lowest BCUT2D eigenvalue weighted by molar-refractivity contribution is 0.0527. The quantitative estimate of drug-likeness (QED) is 0.314. The molecule has 0 aliphatic carbocycles. The van der Waals surface area contributed by atoms with Crippen molar-refractivity contribution in [3.8, 4) is 0 Å². The third kappa shape index (κ3) is 9.79. The summed E-state index contributed by atoms with van der Waals surface area (Å²) in [6.45, 7) is 9.06. The van der Waals surface area contributed by atoms with Crippen LogP contribution < -0.4 is 16.0 Å². The second-order valence-electron chi connectivity index (χ2n) is 6.97. The minimum atomic E-state index is -1.02. The van der Waals surface area contributed by atoms with E-state index in [0.717, 1.165) is 0 Å². The van der Waals surface area contributed by atoms with Gasteiger partial charge in [0, 0.05) is 25.2 Å². The van der Waals surface area contributed by atoms with Crippen molar-refractivity contribution < 1.29 is 19.0 Å². The van der Waals surface area contributed by atoms with Crippen molar-refractivity contribution >= 4 is 12.1 Å². The SMILES string of the molecule is CCNC(=NCC(O)c1ccccc1F)NCCCNC(=O)OC(C)(C)C. The lowest BCUT2D eigenvalue weighted by Gasteiger charge is -2.19. The second kappa shape index (κ2) is 11.4. The molecule has 1 amide bonds. The van der Waals surface area contributed by atoms with Gasteiger partial charge in [0.25, 0.3) is 0 Å². The van der Waals surface area contributed by atoms with Crippen LogP contribution in [0.1, 0.15) is 45.8 Å². The first-order valence-electron chi connectivity index (χ1n) is 9.14. The van der Waals surface area contributed by atoms with Crippen molar-refractivity contribution in [1.82, 2.24) is 16.0 Å². The van der Waals surface area contributed by atoms with Crippen LogP contribution >= 0.6 is 0 Å². The average Bonchev–Trinajstić information content (AvgIpc) is 2.57. The van der Waals surface area contributed by atoms with Gasteiger partial charge in [0.15, 0.2) is 5.96 Å². The third-order valence-electron chi connectivity index (χ3n) is 3.35. The average molecular weight is 382 g/mol. The van der Waals surface area contributed by atoms with E-state index in [1.165, 1.54) is 12.1 Å². The number of guanidine groups is 1. The number of carbonyl (C=O) groups excluding carboxylic acids is 1. The second-order valence-corrected chi connectivity index (χ2v) is 6.97. The summed E-state index contributed by atoms with van der Waals surface area (Å²) in [5.74, 6) is 0.0662. The van der Waals surface area contributed by atoms with Gasteiger partial charge in [0.2, 0.25) is 0 Å². The maximum Gasteiger partial charge on any atom is 0.407 e. The summed E-state index contributed by atoms with van der Waals surface area (Å²) in [5.41, 5.74) is -0.301. The number of carbonyl (C=O) groups is 1. The van der Waals surface area contributed by atoms with E-state index in [-0.39, 0.29) is 12.1 Å². The molecule has 0 fully saturated rings. The van der Waals surface area contributed by atoms with E-state index in [2.05, 4.69) is 20.9 Å². The Hall–Kier alpha value is -2.35. The Morgan fingerprint density at radius 2 is 1.89 bits per heavy atom. The summed E-state index contributed by atoms with van der Waals surface area (Å²) >= 11 is 0. The molecular formula is C19H31FN4O3. The van der Waals surface area contributed by atoms with Gasteiger partial charge >= 0.3 is 6.09 Å². The molecule has 1 rings (SSSR count). The highest BCUT2D eigenvalue weighted by molar-refractivity contribution is 5.79. The van der Waals surface area contributed by atoms with Crippen LogP contribution in [0, 0.1) is 5.82 Å². The fourth-order valence-electron chi connectivity index (χ4n) is 2.16. The lowest BCUT2D eigenvalue weighted by Crippen LogP contribution is -2.39. The van der Waals surface area contributed by atoms with Crippen LogP contribution in [0.4, 0.5) is 9.18 Å². The Balaban J connectivity index is 2.39. The molecule has 0 saturated heterocycles. The summed E-state index contributed by atoms with van der Waals surface area (Å²) in [5, 5.41) is 19.0. The van der Waals surface area contributed by atoms with Gasteiger partial charge in [-0.2, -0.15) is 0 Å². The van der Waals surface area contributed by atoms with Gasteiger partial charge < -0.3 is 25.8 Å². The molecule has 27 heavy (non-hydrogen) atoms. The maximum atomic E-state index is 13.7. The number of nitrogens with zero attached hydrogens (tertiary/aromatic N) is 1. The van der Waals surface area contributed by atoms with Crippen LogP contribution in [0.25, 0.3) is 0 Å². The Bertz CT molecular complexity index is 617. The van der Waals surface area contributed by atoms with Gasteiger partial charge in [-0.3, -0.25) is 4.99 Å². The number of halogens is 1. The van der Waals surface area contributed by atoms with E-state index >= 15 is 0 Å². The number of aliphatic hydroxyl groups excluding tert-OH is 1. The molecule has 0 aliphatic rings. The van der Waals surface area contributed by atoms with Gasteiger partial charge in [-0.1, -0.05) is 18.2 Å². The fraction of sp³-hybridized carbons (Fsp3) is 0.579. The molecule has 4 N–H and O–H groups in total. The number of nitrogens with one attached hydrogen (secondary N) is 3. The molecule has 0 spiro atoms. The highest BCUT2D eigenvalue weighted by atomic mass is 19.1. The molecule has 0 saturated carbocycles. The molecule has 1 aromatic rings. The van der Waals surface area contributed by atoms with E-state index < -0.39 is 23.6 Å². The molecule has 152 valence electrons. The van der Waals surface area contributed by atoms with E-state index in [1.54, 1.807) is 12.1 Å². The lowest BCUT2D eigenvalue weighted by atomic mass is 10.1. The van der Waals surface area contributed by atoms with Gasteiger partial charge in [0.1, 0.15) is 17.5 Å². The fourth-order valence-corrected chi connectivity index (χ4v) is 2.16. The van der Waals surface area contributed by atoms with Crippen molar-refractivity contribution in [2.45, 2.75) is 45.8 Å². The van der Waals surface area contributed by atoms with Gasteiger partial charge in [-0.05, 0) is 40.2 Å². The Morgan fingerprint density at radius 3 is 2.52 bits per heavy atom. The van der Waals surface area contributed by atoms with Crippen LogP contribution in [0.5, 0.6) is 0 Å². The number of hydrogen-bond donors (Lipinski definition) is 4. The first-order chi connectivity index (χ1) is 12.7. The summed E-state index contributed by atoms with van der Waals surface area (Å²) in [4.78, 5) is 15.8. The van der Waals surface area contributed by atoms with Crippen LogP contribution in [-0.2, 0) is 4.74 Å². The van der Waals surface area contributed by atoms with Crippen molar-refractivity contribution in [3.05, 3.63) is 35.6 Å². The summed E-state index contributed by atoms with van der Waals surface area (Å²) in [6, 6.07) is 6.10. The molecule has 0 aromatic heterocycles. The predicted octanol–water partition coefficient (Wildman–Crippen LogP) is 2.33. The number of hydrogen-bond acceptors (Lipinski definition) is 4. The van der Waals surface area contributed by atoms with E-state index in [1.807, 2.05) is 27.7 Å². The van der Waals surface area contributed by atoms with Crippen LogP contribution in [0.2, 0.25) is 0 Å². The molecule has 0 aliphatic heterocycles. The number of rotatable bonds is 8. The molecular weight excluding hydrogens is 351 g/mol. The first kappa shape index (κ1) is 22.7. The molecule has 1 atom stereocenters. The zero-order valence-electron chi connectivity index (χ0n) is 16.5. The minimum absolute atomic E-state index is 0.0342. The Labute approximate surface area is 160 Å². The smallest absolute Gasteiger partial charge is 0.407 e. The molecule has 0 heterocycles. The van der Waals surface area contributed by atoms with Crippen molar-refractivity contribution in [2.75, 3.05) is 26.2 Å².